The van der Waals surface area contributed by atoms with E-state index in [1.54, 1.807) is 18.7 Å². The monoisotopic (exact) mass is 454 g/mol. The van der Waals surface area contributed by atoms with E-state index >= 15 is 0 Å². The van der Waals surface area contributed by atoms with Crippen LogP contribution in [0.5, 0.6) is 0 Å². The highest BCUT2D eigenvalue weighted by molar-refractivity contribution is 7.89. The van der Waals surface area contributed by atoms with E-state index in [1.807, 2.05) is 6.92 Å². The largest absolute Gasteiger partial charge is 0.453 e. The number of carbonyl (C=O) groups is 2. The summed E-state index contributed by atoms with van der Waals surface area (Å²) in [5.41, 5.74) is 2.00. The molecule has 170 valence electrons. The van der Waals surface area contributed by atoms with Crippen LogP contribution in [0.4, 0.5) is 10.1 Å². The lowest BCUT2D eigenvalue weighted by Gasteiger charge is -2.17. The van der Waals surface area contributed by atoms with Crippen molar-refractivity contribution in [3.63, 3.8) is 0 Å². The second-order valence-electron chi connectivity index (χ2n) is 7.17. The Morgan fingerprint density at radius 3 is 2.42 bits per heavy atom. The number of amides is 1. The van der Waals surface area contributed by atoms with Crippen LogP contribution in [0.15, 0.2) is 29.2 Å². The van der Waals surface area contributed by atoms with E-state index in [0.717, 1.165) is 22.1 Å². The zero-order valence-corrected chi connectivity index (χ0v) is 19.0. The van der Waals surface area contributed by atoms with Crippen LogP contribution in [0.25, 0.3) is 0 Å². The van der Waals surface area contributed by atoms with Crippen LogP contribution >= 0.6 is 0 Å². The quantitative estimate of drug-likeness (QED) is 0.582. The molecule has 11 heteroatoms. The average Bonchev–Trinajstić information content (AvgIpc) is 2.94. The normalized spacial score (nSPS) is 12.6. The van der Waals surface area contributed by atoms with Gasteiger partial charge in [0.1, 0.15) is 5.82 Å². The fraction of sp³-hybridized carbons (Fsp3) is 0.450. The summed E-state index contributed by atoms with van der Waals surface area (Å²) in [4.78, 5) is 24.3. The Hall–Kier alpha value is -2.79. The lowest BCUT2D eigenvalue weighted by atomic mass is 10.2. The Morgan fingerprint density at radius 1 is 1.26 bits per heavy atom. The van der Waals surface area contributed by atoms with Gasteiger partial charge < -0.3 is 10.1 Å². The van der Waals surface area contributed by atoms with Crippen molar-refractivity contribution in [3.05, 3.63) is 41.5 Å². The number of carbonyl (C=O) groups excluding carboxylic acids is 2. The minimum Gasteiger partial charge on any atom is -0.453 e. The number of nitrogens with zero attached hydrogens (tertiary/aromatic N) is 3. The Labute approximate surface area is 181 Å². The first-order valence-corrected chi connectivity index (χ1v) is 11.1. The number of hydrogen-bond acceptors (Lipinski definition) is 6. The number of esters is 1. The highest BCUT2D eigenvalue weighted by Crippen LogP contribution is 2.19. The fourth-order valence-electron chi connectivity index (χ4n) is 2.84. The molecule has 0 spiro atoms. The number of sulfonamides is 1. The summed E-state index contributed by atoms with van der Waals surface area (Å²) in [6, 6.07) is 4.50. The molecule has 0 radical (unpaired) electrons. The van der Waals surface area contributed by atoms with E-state index in [9.17, 15) is 22.4 Å². The molecule has 0 fully saturated rings. The zero-order chi connectivity index (χ0) is 23.3. The molecule has 31 heavy (non-hydrogen) atoms. The van der Waals surface area contributed by atoms with Crippen molar-refractivity contribution >= 4 is 27.6 Å². The van der Waals surface area contributed by atoms with Crippen LogP contribution in [-0.2, 0) is 31.4 Å². The molecule has 2 rings (SSSR count). The number of rotatable bonds is 9. The number of halogens is 1. The van der Waals surface area contributed by atoms with Crippen molar-refractivity contribution in [2.24, 2.45) is 7.05 Å². The van der Waals surface area contributed by atoms with Gasteiger partial charge in [-0.15, -0.1) is 0 Å². The molecule has 1 unspecified atom stereocenters. The highest BCUT2D eigenvalue weighted by atomic mass is 32.2. The molecule has 0 bridgehead atoms. The molecule has 1 aromatic heterocycles. The number of nitrogens with one attached hydrogen (secondary N) is 1. The third-order valence-electron chi connectivity index (χ3n) is 4.81. The summed E-state index contributed by atoms with van der Waals surface area (Å²) in [6.07, 6.45) is -0.885. The van der Waals surface area contributed by atoms with Crippen molar-refractivity contribution in [1.82, 2.24) is 14.1 Å². The predicted molar refractivity (Wildman–Crippen MR) is 112 cm³/mol. The summed E-state index contributed by atoms with van der Waals surface area (Å²) >= 11 is 0. The van der Waals surface area contributed by atoms with Crippen LogP contribution in [-0.4, -0.2) is 54.1 Å². The van der Waals surface area contributed by atoms with Gasteiger partial charge in [0, 0.05) is 27.1 Å². The van der Waals surface area contributed by atoms with Gasteiger partial charge in [0.05, 0.1) is 22.0 Å². The molecular formula is C20H27FN4O5S. The van der Waals surface area contributed by atoms with Gasteiger partial charge in [0.25, 0.3) is 5.91 Å². The van der Waals surface area contributed by atoms with E-state index in [0.29, 0.717) is 11.4 Å². The first-order chi connectivity index (χ1) is 14.4. The summed E-state index contributed by atoms with van der Waals surface area (Å²) in [7, 11) is -0.656. The maximum Gasteiger partial charge on any atom is 0.306 e. The summed E-state index contributed by atoms with van der Waals surface area (Å²) < 4.78 is 45.8. The molecule has 0 saturated heterocycles. The molecule has 1 amide bonds. The van der Waals surface area contributed by atoms with Gasteiger partial charge in [-0.3, -0.25) is 14.3 Å². The Bertz CT molecular complexity index is 1050. The first kappa shape index (κ1) is 24.5. The molecule has 1 N–H and O–H groups in total. The van der Waals surface area contributed by atoms with Crippen molar-refractivity contribution < 1.29 is 27.1 Å². The Balaban J connectivity index is 1.83. The van der Waals surface area contributed by atoms with Gasteiger partial charge in [-0.05, 0) is 51.5 Å². The zero-order valence-electron chi connectivity index (χ0n) is 18.2. The Morgan fingerprint density at radius 2 is 1.87 bits per heavy atom. The summed E-state index contributed by atoms with van der Waals surface area (Å²) in [5, 5.41) is 6.92. The number of hydrogen-bond donors (Lipinski definition) is 1. The molecule has 1 heterocycles. The number of aromatic nitrogens is 2. The van der Waals surface area contributed by atoms with Crippen LogP contribution in [0.1, 0.15) is 31.2 Å². The van der Waals surface area contributed by atoms with Crippen LogP contribution in [0.3, 0.4) is 0 Å². The molecule has 0 saturated carbocycles. The summed E-state index contributed by atoms with van der Waals surface area (Å²) in [5.74, 6) is -1.63. The summed E-state index contributed by atoms with van der Waals surface area (Å²) in [6.45, 7) is 5.08. The van der Waals surface area contributed by atoms with Gasteiger partial charge >= 0.3 is 5.97 Å². The lowest BCUT2D eigenvalue weighted by Crippen LogP contribution is -2.31. The maximum atomic E-state index is 13.0. The van der Waals surface area contributed by atoms with E-state index in [4.69, 9.17) is 4.74 Å². The van der Waals surface area contributed by atoms with E-state index in [-0.39, 0.29) is 24.3 Å². The Kier molecular flexibility index (Phi) is 7.91. The number of anilines is 1. The van der Waals surface area contributed by atoms with Crippen molar-refractivity contribution in [1.29, 1.82) is 0 Å². The average molecular weight is 455 g/mol. The molecule has 0 aliphatic heterocycles. The number of ether oxygens (including phenoxy) is 1. The first-order valence-electron chi connectivity index (χ1n) is 9.66. The van der Waals surface area contributed by atoms with Gasteiger partial charge in [-0.25, -0.2) is 17.1 Å². The molecule has 1 atom stereocenters. The minimum absolute atomic E-state index is 0.0368. The maximum absolute atomic E-state index is 13.0. The van der Waals surface area contributed by atoms with E-state index in [2.05, 4.69) is 10.4 Å². The topological polar surface area (TPSA) is 111 Å². The van der Waals surface area contributed by atoms with Crippen molar-refractivity contribution in [3.8, 4) is 0 Å². The third kappa shape index (κ3) is 6.11. The smallest absolute Gasteiger partial charge is 0.306 e. The van der Waals surface area contributed by atoms with E-state index in [1.165, 1.54) is 26.1 Å². The second kappa shape index (κ2) is 10.0. The molecule has 0 aliphatic rings. The number of benzene rings is 1. The SMILES string of the molecule is Cc1nn(C)c(C)c1NC(=O)C(C)OC(=O)CCCN(C)S(=O)(=O)c1ccc(F)cc1. The molecule has 9 nitrogen and oxygen atoms in total. The van der Waals surface area contributed by atoms with Crippen molar-refractivity contribution in [2.75, 3.05) is 18.9 Å². The van der Waals surface area contributed by atoms with Gasteiger partial charge in [0.15, 0.2) is 6.10 Å². The van der Waals surface area contributed by atoms with E-state index < -0.39 is 33.8 Å². The molecule has 0 aliphatic carbocycles. The fourth-order valence-corrected chi connectivity index (χ4v) is 4.05. The lowest BCUT2D eigenvalue weighted by molar-refractivity contribution is -0.153. The van der Waals surface area contributed by atoms with Crippen molar-refractivity contribution in [2.45, 2.75) is 44.6 Å². The molecule has 1 aromatic carbocycles. The van der Waals surface area contributed by atoms with Crippen LogP contribution < -0.4 is 5.32 Å². The molecule has 2 aromatic rings. The van der Waals surface area contributed by atoms with Crippen LogP contribution in [0.2, 0.25) is 0 Å². The van der Waals surface area contributed by atoms with Crippen LogP contribution in [0, 0.1) is 19.7 Å². The number of aryl methyl sites for hydroxylation is 2. The van der Waals surface area contributed by atoms with Gasteiger partial charge in [0.2, 0.25) is 10.0 Å². The second-order valence-corrected chi connectivity index (χ2v) is 9.22. The molecular weight excluding hydrogens is 427 g/mol. The highest BCUT2D eigenvalue weighted by Gasteiger charge is 2.23. The minimum atomic E-state index is -3.79. The standard InChI is InChI=1S/C20H27FN4O5S/c1-13-19(14(2)25(5)23-13)22-20(27)15(3)30-18(26)7-6-12-24(4)31(28,29)17-10-8-16(21)9-11-17/h8-11,15H,6-7,12H2,1-5H3,(H,22,27). The van der Waals surface area contributed by atoms with Gasteiger partial charge in [-0.2, -0.15) is 5.10 Å². The third-order valence-corrected chi connectivity index (χ3v) is 6.68. The predicted octanol–water partition coefficient (Wildman–Crippen LogP) is 2.15. The van der Waals surface area contributed by atoms with Gasteiger partial charge in [-0.1, -0.05) is 0 Å².